The number of amides is 1. The molecule has 1 heterocycles. The molecule has 0 unspecified atom stereocenters. The average molecular weight is 500 g/mol. The monoisotopic (exact) mass is 500 g/mol. The number of hydrogen-bond donors (Lipinski definition) is 3. The van der Waals surface area contributed by atoms with Crippen molar-refractivity contribution in [3.8, 4) is 11.5 Å². The van der Waals surface area contributed by atoms with Crippen molar-refractivity contribution in [2.45, 2.75) is 26.1 Å². The lowest BCUT2D eigenvalue weighted by Gasteiger charge is -2.13. The summed E-state index contributed by atoms with van der Waals surface area (Å²) in [4.78, 5) is 36.5. The SMILES string of the molecule is Cc1c([C@@H](C)C(=O)NCC(=O)O)c2c(F)c(O)c(F)cc2n1C(=O)c1ccc(OC(F)(F)F)cc1. The van der Waals surface area contributed by atoms with Crippen LogP contribution in [0, 0.1) is 18.6 Å². The van der Waals surface area contributed by atoms with Crippen LogP contribution in [0.25, 0.3) is 10.9 Å². The van der Waals surface area contributed by atoms with Gasteiger partial charge in [0.15, 0.2) is 17.4 Å². The number of fused-ring (bicyclic) bond motifs is 1. The molecule has 8 nitrogen and oxygen atoms in total. The van der Waals surface area contributed by atoms with E-state index in [1.807, 2.05) is 0 Å². The number of carboxylic acids is 1. The van der Waals surface area contributed by atoms with E-state index in [4.69, 9.17) is 5.11 Å². The quantitative estimate of drug-likeness (QED) is 0.443. The number of aromatic hydroxyl groups is 1. The summed E-state index contributed by atoms with van der Waals surface area (Å²) in [6.07, 6.45) is -4.96. The Morgan fingerprint density at radius 3 is 2.29 bits per heavy atom. The first-order valence-corrected chi connectivity index (χ1v) is 9.84. The van der Waals surface area contributed by atoms with E-state index < -0.39 is 65.1 Å². The van der Waals surface area contributed by atoms with Gasteiger partial charge in [0.1, 0.15) is 12.3 Å². The summed E-state index contributed by atoms with van der Waals surface area (Å²) in [6.45, 7) is 1.86. The summed E-state index contributed by atoms with van der Waals surface area (Å²) in [6, 6.07) is 4.43. The van der Waals surface area contributed by atoms with Crippen LogP contribution in [0.2, 0.25) is 0 Å². The lowest BCUT2D eigenvalue weighted by Crippen LogP contribution is -2.32. The molecule has 0 saturated heterocycles. The molecule has 1 aromatic heterocycles. The van der Waals surface area contributed by atoms with Crippen LogP contribution in [0.15, 0.2) is 30.3 Å². The number of aliphatic carboxylic acids is 1. The first kappa shape index (κ1) is 25.5. The molecule has 0 radical (unpaired) electrons. The number of phenolic OH excluding ortho intramolecular Hbond substituents is 1. The lowest BCUT2D eigenvalue weighted by molar-refractivity contribution is -0.274. The molecule has 2 aromatic carbocycles. The molecule has 0 spiro atoms. The van der Waals surface area contributed by atoms with E-state index in [0.29, 0.717) is 6.07 Å². The summed E-state index contributed by atoms with van der Waals surface area (Å²) < 4.78 is 70.9. The van der Waals surface area contributed by atoms with Gasteiger partial charge in [0, 0.05) is 22.7 Å². The fraction of sp³-hybridized carbons (Fsp3) is 0.227. The molecule has 0 bridgehead atoms. The first-order valence-electron chi connectivity index (χ1n) is 9.84. The molecule has 3 aromatic rings. The summed E-state index contributed by atoms with van der Waals surface area (Å²) >= 11 is 0. The molecule has 1 amide bonds. The number of rotatable bonds is 6. The maximum atomic E-state index is 15.0. The Bertz CT molecular complexity index is 1330. The van der Waals surface area contributed by atoms with Crippen LogP contribution in [-0.4, -0.2) is 45.5 Å². The molecule has 0 aliphatic rings. The van der Waals surface area contributed by atoms with Gasteiger partial charge in [0.25, 0.3) is 5.91 Å². The maximum absolute atomic E-state index is 15.0. The van der Waals surface area contributed by atoms with Crippen molar-refractivity contribution < 1.29 is 51.3 Å². The number of aromatic nitrogens is 1. The van der Waals surface area contributed by atoms with Crippen LogP contribution in [0.4, 0.5) is 22.0 Å². The topological polar surface area (TPSA) is 118 Å². The predicted molar refractivity (Wildman–Crippen MR) is 110 cm³/mol. The van der Waals surface area contributed by atoms with Crippen molar-refractivity contribution in [1.29, 1.82) is 0 Å². The summed E-state index contributed by atoms with van der Waals surface area (Å²) in [5.41, 5.74) is -0.699. The van der Waals surface area contributed by atoms with Gasteiger partial charge in [-0.05, 0) is 43.7 Å². The largest absolute Gasteiger partial charge is 0.573 e. The molecular formula is C22H17F5N2O6. The van der Waals surface area contributed by atoms with Gasteiger partial charge in [-0.3, -0.25) is 19.0 Å². The number of alkyl halides is 3. The molecule has 35 heavy (non-hydrogen) atoms. The number of nitrogens with zero attached hydrogens (tertiary/aromatic N) is 1. The van der Waals surface area contributed by atoms with E-state index >= 15 is 0 Å². The van der Waals surface area contributed by atoms with Crippen molar-refractivity contribution in [3.63, 3.8) is 0 Å². The third-order valence-corrected chi connectivity index (χ3v) is 5.19. The number of phenols is 1. The fourth-order valence-electron chi connectivity index (χ4n) is 3.68. The van der Waals surface area contributed by atoms with Gasteiger partial charge in [-0.1, -0.05) is 0 Å². The maximum Gasteiger partial charge on any atom is 0.573 e. The van der Waals surface area contributed by atoms with Gasteiger partial charge in [0.2, 0.25) is 5.91 Å². The Morgan fingerprint density at radius 2 is 1.74 bits per heavy atom. The van der Waals surface area contributed by atoms with Crippen molar-refractivity contribution >= 4 is 28.7 Å². The minimum absolute atomic E-state index is 0.0394. The number of nitrogens with one attached hydrogen (secondary N) is 1. The van der Waals surface area contributed by atoms with Gasteiger partial charge in [-0.25, -0.2) is 8.78 Å². The smallest absolute Gasteiger partial charge is 0.503 e. The predicted octanol–water partition coefficient (Wildman–Crippen LogP) is 3.82. The Labute approximate surface area is 193 Å². The number of benzene rings is 2. The zero-order chi connectivity index (χ0) is 26.2. The zero-order valence-corrected chi connectivity index (χ0v) is 18.0. The third-order valence-electron chi connectivity index (χ3n) is 5.19. The van der Waals surface area contributed by atoms with E-state index in [1.54, 1.807) is 0 Å². The van der Waals surface area contributed by atoms with Crippen molar-refractivity contribution in [1.82, 2.24) is 9.88 Å². The van der Waals surface area contributed by atoms with Gasteiger partial charge >= 0.3 is 12.3 Å². The number of carbonyl (C=O) groups excluding carboxylic acids is 2. The van der Waals surface area contributed by atoms with Crippen LogP contribution >= 0.6 is 0 Å². The van der Waals surface area contributed by atoms with E-state index in [2.05, 4.69) is 10.1 Å². The van der Waals surface area contributed by atoms with E-state index in [-0.39, 0.29) is 22.3 Å². The van der Waals surface area contributed by atoms with E-state index in [1.165, 1.54) is 13.8 Å². The minimum atomic E-state index is -4.96. The molecule has 3 N–H and O–H groups in total. The number of carbonyl (C=O) groups is 3. The van der Waals surface area contributed by atoms with Crippen LogP contribution in [0.1, 0.15) is 34.5 Å². The third kappa shape index (κ3) is 5.03. The normalized spacial score (nSPS) is 12.4. The van der Waals surface area contributed by atoms with Crippen LogP contribution < -0.4 is 10.1 Å². The first-order chi connectivity index (χ1) is 16.2. The van der Waals surface area contributed by atoms with Gasteiger partial charge in [-0.15, -0.1) is 13.2 Å². The molecule has 1 atom stereocenters. The van der Waals surface area contributed by atoms with Gasteiger partial charge in [-0.2, -0.15) is 0 Å². The number of halogens is 5. The van der Waals surface area contributed by atoms with E-state index in [0.717, 1.165) is 28.8 Å². The Balaban J connectivity index is 2.16. The van der Waals surface area contributed by atoms with Gasteiger partial charge in [0.05, 0.1) is 11.4 Å². The van der Waals surface area contributed by atoms with Crippen molar-refractivity contribution in [3.05, 3.63) is 58.8 Å². The van der Waals surface area contributed by atoms with Crippen molar-refractivity contribution in [2.24, 2.45) is 0 Å². The van der Waals surface area contributed by atoms with E-state index in [9.17, 15) is 41.4 Å². The summed E-state index contributed by atoms with van der Waals surface area (Å²) in [5, 5.41) is 20.2. The highest BCUT2D eigenvalue weighted by Crippen LogP contribution is 2.38. The Hall–Kier alpha value is -4.16. The van der Waals surface area contributed by atoms with Crippen LogP contribution in [-0.2, 0) is 9.59 Å². The lowest BCUT2D eigenvalue weighted by atomic mass is 9.96. The second-order valence-electron chi connectivity index (χ2n) is 7.46. The summed E-state index contributed by atoms with van der Waals surface area (Å²) in [7, 11) is 0. The molecule has 0 fully saturated rings. The molecule has 3 rings (SSSR count). The average Bonchev–Trinajstić information content (AvgIpc) is 3.05. The molecular weight excluding hydrogens is 483 g/mol. The minimum Gasteiger partial charge on any atom is -0.503 e. The second-order valence-corrected chi connectivity index (χ2v) is 7.46. The highest BCUT2D eigenvalue weighted by molar-refractivity contribution is 6.06. The highest BCUT2D eigenvalue weighted by atomic mass is 19.4. The number of ether oxygens (including phenoxy) is 1. The Kier molecular flexibility index (Phi) is 6.72. The zero-order valence-electron chi connectivity index (χ0n) is 18.0. The second kappa shape index (κ2) is 9.24. The molecule has 0 aliphatic heterocycles. The highest BCUT2D eigenvalue weighted by Gasteiger charge is 2.32. The van der Waals surface area contributed by atoms with Crippen molar-refractivity contribution in [2.75, 3.05) is 6.54 Å². The van der Waals surface area contributed by atoms with Crippen LogP contribution in [0.5, 0.6) is 11.5 Å². The van der Waals surface area contributed by atoms with Crippen LogP contribution in [0.3, 0.4) is 0 Å². The standard InChI is InChI=1S/C22H17F5N2O6/c1-9(20(33)28-8-15(30)31)16-10(2)29(14-7-13(23)19(32)18(24)17(14)16)21(34)11-3-5-12(6-4-11)35-22(25,26)27/h3-7,9,32H,8H2,1-2H3,(H,28,33)(H,30,31)/t9-/m1/s1. The van der Waals surface area contributed by atoms with Gasteiger partial charge < -0.3 is 20.3 Å². The Morgan fingerprint density at radius 1 is 1.14 bits per heavy atom. The summed E-state index contributed by atoms with van der Waals surface area (Å²) in [5.74, 6) is -9.14. The molecule has 0 saturated carbocycles. The molecule has 0 aliphatic carbocycles. The molecule has 13 heteroatoms. The number of carboxylic acid groups (broad SMARTS) is 1. The fourth-order valence-corrected chi connectivity index (χ4v) is 3.68. The molecule has 186 valence electrons. The number of hydrogen-bond acceptors (Lipinski definition) is 5.